The summed E-state index contributed by atoms with van der Waals surface area (Å²) in [6.45, 7) is 1.82. The lowest BCUT2D eigenvalue weighted by molar-refractivity contribution is 0.220. The fraction of sp³-hybridized carbons (Fsp3) is 0.351. The highest BCUT2D eigenvalue weighted by Gasteiger charge is 2.34. The van der Waals surface area contributed by atoms with Crippen molar-refractivity contribution in [3.05, 3.63) is 94.0 Å². The molecular weight excluding hydrogens is 568 g/mol. The Morgan fingerprint density at radius 1 is 0.689 bits per heavy atom. The first-order chi connectivity index (χ1) is 21.9. The molecule has 0 saturated heterocycles. The molecule has 4 aromatic rings. The smallest absolute Gasteiger partial charge is 0.204 e. The molecule has 2 atom stereocenters. The zero-order valence-electron chi connectivity index (χ0n) is 26.6. The molecule has 4 heterocycles. The molecule has 6 bridgehead atoms. The van der Waals surface area contributed by atoms with Crippen LogP contribution in [-0.4, -0.2) is 63.4 Å². The quantitative estimate of drug-likeness (QED) is 0.271. The molecule has 8 heteroatoms. The molecule has 4 aliphatic rings. The molecule has 0 aliphatic carbocycles. The third-order valence-corrected chi connectivity index (χ3v) is 9.64. The van der Waals surface area contributed by atoms with Gasteiger partial charge in [0.2, 0.25) is 5.75 Å². The van der Waals surface area contributed by atoms with E-state index in [0.29, 0.717) is 46.7 Å². The summed E-state index contributed by atoms with van der Waals surface area (Å²) in [5.41, 5.74) is 6.93. The molecule has 4 aliphatic heterocycles. The van der Waals surface area contributed by atoms with Gasteiger partial charge >= 0.3 is 0 Å². The predicted molar refractivity (Wildman–Crippen MR) is 173 cm³/mol. The zero-order valence-corrected chi connectivity index (χ0v) is 26.6. The Labute approximate surface area is 264 Å². The van der Waals surface area contributed by atoms with E-state index in [1.165, 1.54) is 16.7 Å². The van der Waals surface area contributed by atoms with Gasteiger partial charge in [-0.1, -0.05) is 18.2 Å². The Balaban J connectivity index is 1.47. The van der Waals surface area contributed by atoms with Crippen LogP contribution in [0.5, 0.6) is 46.0 Å². The van der Waals surface area contributed by atoms with Crippen molar-refractivity contribution in [1.82, 2.24) is 9.80 Å². The van der Waals surface area contributed by atoms with Gasteiger partial charge in [-0.2, -0.15) is 0 Å². The number of rotatable bonds is 3. The number of fused-ring (bicyclic) bond motifs is 2. The summed E-state index contributed by atoms with van der Waals surface area (Å²) in [4.78, 5) is 4.75. The topological polar surface area (TPSA) is 72.9 Å². The molecule has 0 saturated carbocycles. The molecular formula is C37H40N2O6. The van der Waals surface area contributed by atoms with Crippen LogP contribution in [0.1, 0.15) is 45.5 Å². The van der Waals surface area contributed by atoms with E-state index in [0.717, 1.165) is 49.0 Å². The van der Waals surface area contributed by atoms with Crippen LogP contribution in [0.2, 0.25) is 0 Å². The zero-order chi connectivity index (χ0) is 31.2. The minimum atomic E-state index is -0.0402. The Hall–Kier alpha value is -4.40. The van der Waals surface area contributed by atoms with E-state index in [1.807, 2.05) is 24.3 Å². The van der Waals surface area contributed by atoms with Crippen molar-refractivity contribution in [2.24, 2.45) is 0 Å². The van der Waals surface area contributed by atoms with Crippen molar-refractivity contribution in [2.45, 2.75) is 37.8 Å². The standard InChI is InChI=1S/C37H40N2O6/c1-38-14-12-24-19-32(41-3)33-21-27(24)28(38)16-22-6-9-26(10-7-22)44-31-18-23(8-11-30(31)40)17-29-35-25(13-15-39(29)2)20-34(42-4)36(43-5)37(35)45-33/h6-11,18-21,28-29,40H,12-17H2,1-5H3/t28-,29?/m1/s1. The maximum atomic E-state index is 10.7. The maximum Gasteiger partial charge on any atom is 0.204 e. The first kappa shape index (κ1) is 29.3. The molecule has 0 aromatic heterocycles. The van der Waals surface area contributed by atoms with E-state index in [2.05, 4.69) is 54.2 Å². The first-order valence-corrected chi connectivity index (χ1v) is 15.5. The van der Waals surface area contributed by atoms with Crippen LogP contribution in [0.3, 0.4) is 0 Å². The summed E-state index contributed by atoms with van der Waals surface area (Å²) >= 11 is 0. The van der Waals surface area contributed by atoms with E-state index in [9.17, 15) is 5.11 Å². The van der Waals surface area contributed by atoms with Crippen molar-refractivity contribution in [3.63, 3.8) is 0 Å². The van der Waals surface area contributed by atoms with Crippen LogP contribution >= 0.6 is 0 Å². The summed E-state index contributed by atoms with van der Waals surface area (Å²) in [7, 11) is 9.33. The highest BCUT2D eigenvalue weighted by Crippen LogP contribution is 2.52. The molecule has 0 spiro atoms. The van der Waals surface area contributed by atoms with Gasteiger partial charge in [-0.05, 0) is 110 Å². The van der Waals surface area contributed by atoms with Crippen LogP contribution in [0.15, 0.2) is 60.7 Å². The summed E-state index contributed by atoms with van der Waals surface area (Å²) in [5, 5.41) is 10.7. The predicted octanol–water partition coefficient (Wildman–Crippen LogP) is 6.86. The lowest BCUT2D eigenvalue weighted by Gasteiger charge is -2.37. The summed E-state index contributed by atoms with van der Waals surface area (Å²) in [5.74, 6) is 4.37. The Morgan fingerprint density at radius 3 is 2.09 bits per heavy atom. The second kappa shape index (κ2) is 11.8. The number of benzene rings is 4. The first-order valence-electron chi connectivity index (χ1n) is 15.5. The fourth-order valence-electron chi connectivity index (χ4n) is 7.11. The number of hydrogen-bond donors (Lipinski definition) is 1. The lowest BCUT2D eigenvalue weighted by Crippen LogP contribution is -2.34. The third-order valence-electron chi connectivity index (χ3n) is 9.64. The molecule has 0 radical (unpaired) electrons. The van der Waals surface area contributed by atoms with Gasteiger partial charge in [-0.3, -0.25) is 9.80 Å². The minimum Gasteiger partial charge on any atom is -0.504 e. The van der Waals surface area contributed by atoms with Gasteiger partial charge in [-0.15, -0.1) is 0 Å². The maximum absolute atomic E-state index is 10.7. The van der Waals surface area contributed by atoms with Gasteiger partial charge in [0.25, 0.3) is 0 Å². The monoisotopic (exact) mass is 608 g/mol. The molecule has 4 aromatic carbocycles. The van der Waals surface area contributed by atoms with Crippen molar-refractivity contribution >= 4 is 0 Å². The molecule has 0 amide bonds. The van der Waals surface area contributed by atoms with E-state index in [4.69, 9.17) is 23.7 Å². The summed E-state index contributed by atoms with van der Waals surface area (Å²) in [6.07, 6.45) is 3.25. The second-order valence-corrected chi connectivity index (χ2v) is 12.3. The molecule has 1 unspecified atom stereocenters. The van der Waals surface area contributed by atoms with Gasteiger partial charge in [0.15, 0.2) is 34.5 Å². The third kappa shape index (κ3) is 5.32. The van der Waals surface area contributed by atoms with Crippen LogP contribution < -0.4 is 23.7 Å². The normalized spacial score (nSPS) is 19.4. The largest absolute Gasteiger partial charge is 0.504 e. The van der Waals surface area contributed by atoms with Crippen LogP contribution in [0, 0.1) is 0 Å². The Morgan fingerprint density at radius 2 is 1.36 bits per heavy atom. The van der Waals surface area contributed by atoms with E-state index >= 15 is 0 Å². The van der Waals surface area contributed by atoms with E-state index < -0.39 is 0 Å². The highest BCUT2D eigenvalue weighted by molar-refractivity contribution is 5.63. The molecule has 45 heavy (non-hydrogen) atoms. The van der Waals surface area contributed by atoms with E-state index in [1.54, 1.807) is 27.4 Å². The number of likely N-dealkylation sites (N-methyl/N-ethyl adjacent to an activating group) is 2. The summed E-state index contributed by atoms with van der Waals surface area (Å²) < 4.78 is 31.0. The minimum absolute atomic E-state index is 0.0402. The Kier molecular flexibility index (Phi) is 7.71. The molecule has 8 rings (SSSR count). The van der Waals surface area contributed by atoms with Gasteiger partial charge < -0.3 is 28.8 Å². The van der Waals surface area contributed by atoms with Gasteiger partial charge in [0.05, 0.1) is 21.3 Å². The number of methoxy groups -OCH3 is 3. The highest BCUT2D eigenvalue weighted by atomic mass is 16.5. The molecule has 1 N–H and O–H groups in total. The van der Waals surface area contributed by atoms with Crippen molar-refractivity contribution in [3.8, 4) is 46.0 Å². The average Bonchev–Trinajstić information content (AvgIpc) is 3.05. The van der Waals surface area contributed by atoms with Crippen molar-refractivity contribution < 1.29 is 28.8 Å². The van der Waals surface area contributed by atoms with Gasteiger partial charge in [0.1, 0.15) is 5.75 Å². The molecule has 0 fully saturated rings. The fourth-order valence-corrected chi connectivity index (χ4v) is 7.11. The number of aromatic hydroxyl groups is 1. The molecule has 234 valence electrons. The van der Waals surface area contributed by atoms with Crippen LogP contribution in [0.25, 0.3) is 0 Å². The number of nitrogens with zero attached hydrogens (tertiary/aromatic N) is 2. The molecule has 8 nitrogen and oxygen atoms in total. The second-order valence-electron chi connectivity index (χ2n) is 12.3. The number of phenols is 1. The van der Waals surface area contributed by atoms with Gasteiger partial charge in [0, 0.05) is 30.7 Å². The van der Waals surface area contributed by atoms with Gasteiger partial charge in [-0.25, -0.2) is 0 Å². The lowest BCUT2D eigenvalue weighted by atomic mass is 9.87. The van der Waals surface area contributed by atoms with Crippen molar-refractivity contribution in [2.75, 3.05) is 48.5 Å². The van der Waals surface area contributed by atoms with Crippen molar-refractivity contribution in [1.29, 1.82) is 0 Å². The number of phenolic OH excluding ortho intramolecular Hbond substituents is 1. The SMILES string of the molecule is COc1cc2c3cc1Oc1c(OC)c(OC)cc4c1C(Cc1ccc(O)c(c1)Oc1ccc(cc1)C[C@H]3N(C)CC2)N(C)CC4. The number of ether oxygens (including phenoxy) is 5. The number of hydrogen-bond acceptors (Lipinski definition) is 8. The Bertz CT molecular complexity index is 1740. The van der Waals surface area contributed by atoms with E-state index in [-0.39, 0.29) is 17.8 Å². The summed E-state index contributed by atoms with van der Waals surface area (Å²) in [6, 6.07) is 20.3. The average molecular weight is 609 g/mol. The van der Waals surface area contributed by atoms with Crippen LogP contribution in [-0.2, 0) is 25.7 Å². The van der Waals surface area contributed by atoms with Crippen LogP contribution in [0.4, 0.5) is 0 Å².